The number of ether oxygens (including phenoxy) is 1. The molecule has 63 heavy (non-hydrogen) atoms. The first kappa shape index (κ1) is 43.5. The maximum atomic E-state index is 11.7. The molecule has 0 spiro atoms. The molecule has 3 nitrogen and oxygen atoms in total. The van der Waals surface area contributed by atoms with Crippen molar-refractivity contribution in [3.63, 3.8) is 0 Å². The highest BCUT2D eigenvalue weighted by molar-refractivity contribution is 8.03. The van der Waals surface area contributed by atoms with E-state index in [1.54, 1.807) is 23.5 Å². The number of phenolic OH excluding ortho intramolecular Hbond substituents is 2. The van der Waals surface area contributed by atoms with Crippen LogP contribution < -0.4 is 4.74 Å². The smallest absolute Gasteiger partial charge is 0.144 e. The summed E-state index contributed by atoms with van der Waals surface area (Å²) < 4.78 is 6.91. The van der Waals surface area contributed by atoms with Crippen LogP contribution >= 0.6 is 23.5 Å². The molecule has 8 rings (SSSR count). The molecule has 0 fully saturated rings. The van der Waals surface area contributed by atoms with Gasteiger partial charge in [-0.2, -0.15) is 0 Å². The van der Waals surface area contributed by atoms with Crippen LogP contribution in [0.4, 0.5) is 0 Å². The molecule has 7 aromatic carbocycles. The van der Waals surface area contributed by atoms with Crippen LogP contribution in [0.3, 0.4) is 0 Å². The zero-order valence-corrected chi connectivity index (χ0v) is 38.8. The van der Waals surface area contributed by atoms with Crippen molar-refractivity contribution in [2.24, 2.45) is 5.41 Å². The predicted molar refractivity (Wildman–Crippen MR) is 267 cm³/mol. The van der Waals surface area contributed by atoms with Crippen molar-refractivity contribution in [2.75, 3.05) is 0 Å². The second kappa shape index (κ2) is 17.9. The Morgan fingerprint density at radius 1 is 0.571 bits per heavy atom. The highest BCUT2D eigenvalue weighted by Gasteiger charge is 2.28. The standard InChI is InChI=1S/C58H54O3S2/c1-37-41(35-50(58(6,7)8)38(2)62-51-31-17-15-25-46(51)48-29-19-27-44(54(48)59)39-21-11-9-12-22-39)33-42-34-43(57(3,4)5)36-53(56(42)61-37)63-52-32-18-16-26-47(52)49-30-20-28-45(55(49)60)40-23-13-10-14-24-40/h9-32,34-36,59-60H,2,33H2,1,3-8H3/b50-35+. The van der Waals surface area contributed by atoms with Gasteiger partial charge in [0.2, 0.25) is 0 Å². The number of para-hydroxylation sites is 2. The van der Waals surface area contributed by atoms with E-state index in [1.165, 1.54) is 5.56 Å². The number of fused-ring (bicyclic) bond motifs is 1. The molecule has 0 saturated carbocycles. The maximum Gasteiger partial charge on any atom is 0.144 e. The number of aromatic hydroxyl groups is 2. The summed E-state index contributed by atoms with van der Waals surface area (Å²) in [5.41, 5.74) is 11.3. The highest BCUT2D eigenvalue weighted by atomic mass is 32.2. The normalized spacial score (nSPS) is 13.1. The van der Waals surface area contributed by atoms with E-state index in [0.29, 0.717) is 6.42 Å². The Kier molecular flexibility index (Phi) is 12.4. The number of allylic oxidation sites excluding steroid dienone is 4. The van der Waals surface area contributed by atoms with Crippen LogP contribution in [-0.4, -0.2) is 10.2 Å². The van der Waals surface area contributed by atoms with Crippen molar-refractivity contribution in [1.82, 2.24) is 0 Å². The molecule has 0 atom stereocenters. The Hall–Kier alpha value is -6.14. The fourth-order valence-corrected chi connectivity index (χ4v) is 10.4. The van der Waals surface area contributed by atoms with Gasteiger partial charge in [-0.25, -0.2) is 0 Å². The lowest BCUT2D eigenvalue weighted by molar-refractivity contribution is 0.395. The van der Waals surface area contributed by atoms with Gasteiger partial charge in [0.05, 0.1) is 4.90 Å². The van der Waals surface area contributed by atoms with Gasteiger partial charge >= 0.3 is 0 Å². The van der Waals surface area contributed by atoms with Gasteiger partial charge in [-0.1, -0.05) is 217 Å². The monoisotopic (exact) mass is 862 g/mol. The minimum Gasteiger partial charge on any atom is -0.507 e. The first-order valence-electron chi connectivity index (χ1n) is 21.4. The summed E-state index contributed by atoms with van der Waals surface area (Å²) in [5, 5.41) is 23.3. The molecule has 1 aliphatic rings. The Labute approximate surface area is 381 Å². The van der Waals surface area contributed by atoms with Crippen molar-refractivity contribution in [1.29, 1.82) is 0 Å². The van der Waals surface area contributed by atoms with Crippen LogP contribution in [-0.2, 0) is 11.8 Å². The third-order valence-electron chi connectivity index (χ3n) is 11.6. The summed E-state index contributed by atoms with van der Waals surface area (Å²) >= 11 is 3.32. The van der Waals surface area contributed by atoms with E-state index in [4.69, 9.17) is 11.3 Å². The number of hydrogen-bond donors (Lipinski definition) is 2. The van der Waals surface area contributed by atoms with Gasteiger partial charge in [-0.3, -0.25) is 0 Å². The van der Waals surface area contributed by atoms with Gasteiger partial charge in [-0.05, 0) is 74.9 Å². The zero-order chi connectivity index (χ0) is 44.5. The van der Waals surface area contributed by atoms with Crippen molar-refractivity contribution in [3.05, 3.63) is 203 Å². The largest absolute Gasteiger partial charge is 0.507 e. The average molecular weight is 863 g/mol. The lowest BCUT2D eigenvalue weighted by Gasteiger charge is -2.29. The third kappa shape index (κ3) is 9.32. The number of thioether (sulfide) groups is 1. The molecule has 0 saturated heterocycles. The number of benzene rings is 7. The second-order valence-corrected chi connectivity index (χ2v) is 20.4. The van der Waals surface area contributed by atoms with Gasteiger partial charge in [0.1, 0.15) is 23.0 Å². The number of rotatable bonds is 10. The third-order valence-corrected chi connectivity index (χ3v) is 13.7. The van der Waals surface area contributed by atoms with Crippen molar-refractivity contribution < 1.29 is 14.9 Å². The predicted octanol–water partition coefficient (Wildman–Crippen LogP) is 16.7. The van der Waals surface area contributed by atoms with Gasteiger partial charge in [0, 0.05) is 48.9 Å². The molecule has 1 aliphatic heterocycles. The van der Waals surface area contributed by atoms with Gasteiger partial charge in [0.15, 0.2) is 0 Å². The molecule has 1 heterocycles. The van der Waals surface area contributed by atoms with Crippen molar-refractivity contribution in [3.8, 4) is 61.8 Å². The Morgan fingerprint density at radius 3 is 1.59 bits per heavy atom. The Balaban J connectivity index is 1.13. The quantitative estimate of drug-likeness (QED) is 0.106. The maximum absolute atomic E-state index is 11.7. The molecular formula is C58H54O3S2. The van der Waals surface area contributed by atoms with Crippen LogP contribution in [0.1, 0.15) is 59.6 Å². The molecule has 0 aliphatic carbocycles. The summed E-state index contributed by atoms with van der Waals surface area (Å²) in [6, 6.07) is 53.1. The molecular weight excluding hydrogens is 809 g/mol. The summed E-state index contributed by atoms with van der Waals surface area (Å²) in [4.78, 5) is 4.03. The molecule has 0 radical (unpaired) electrons. The summed E-state index contributed by atoms with van der Waals surface area (Å²) in [6.07, 6.45) is 2.99. The van der Waals surface area contributed by atoms with E-state index >= 15 is 0 Å². The lowest BCUT2D eigenvalue weighted by Crippen LogP contribution is -2.16. The Bertz CT molecular complexity index is 2890. The summed E-state index contributed by atoms with van der Waals surface area (Å²) in [5.74, 6) is 2.26. The summed E-state index contributed by atoms with van der Waals surface area (Å²) in [7, 11) is 0. The van der Waals surface area contributed by atoms with Crippen molar-refractivity contribution in [2.45, 2.75) is 75.0 Å². The van der Waals surface area contributed by atoms with Crippen LogP contribution in [0.25, 0.3) is 44.5 Å². The van der Waals surface area contributed by atoms with E-state index in [-0.39, 0.29) is 22.3 Å². The summed E-state index contributed by atoms with van der Waals surface area (Å²) in [6.45, 7) is 20.2. The molecule has 2 N–H and O–H groups in total. The lowest BCUT2D eigenvalue weighted by atomic mass is 9.82. The average Bonchev–Trinajstić information content (AvgIpc) is 3.26. The SMILES string of the molecule is C=C(Sc1ccccc1-c1cccc(-c2ccccc2)c1O)/C(=C\C1=C(C)Oc2c(cc(C(C)(C)C)cc2Sc2ccccc2-c2cccc(-c3ccccc3)c2O)C1)C(C)(C)C. The van der Waals surface area contributed by atoms with Crippen LogP contribution in [0, 0.1) is 5.41 Å². The first-order chi connectivity index (χ1) is 30.2. The van der Waals surface area contributed by atoms with Crippen molar-refractivity contribution >= 4 is 23.5 Å². The fraction of sp³-hybridized carbons (Fsp3) is 0.172. The Morgan fingerprint density at radius 2 is 1.05 bits per heavy atom. The molecule has 5 heteroatoms. The zero-order valence-electron chi connectivity index (χ0n) is 37.1. The van der Waals surface area contributed by atoms with Crippen LogP contribution in [0.15, 0.2) is 207 Å². The highest BCUT2D eigenvalue weighted by Crippen LogP contribution is 2.50. The van der Waals surface area contributed by atoms with Gasteiger partial charge in [0.25, 0.3) is 0 Å². The van der Waals surface area contributed by atoms with E-state index < -0.39 is 0 Å². The van der Waals surface area contributed by atoms with E-state index in [0.717, 1.165) is 92.3 Å². The van der Waals surface area contributed by atoms with E-state index in [2.05, 4.69) is 97.0 Å². The fourth-order valence-electron chi connectivity index (χ4n) is 8.09. The van der Waals surface area contributed by atoms with Crippen LogP contribution in [0.5, 0.6) is 17.2 Å². The first-order valence-corrected chi connectivity index (χ1v) is 23.1. The molecule has 0 amide bonds. The molecule has 0 unspecified atom stereocenters. The second-order valence-electron chi connectivity index (χ2n) is 18.1. The topological polar surface area (TPSA) is 49.7 Å². The number of hydrogen-bond acceptors (Lipinski definition) is 5. The minimum absolute atomic E-state index is 0.109. The molecule has 0 bridgehead atoms. The van der Waals surface area contributed by atoms with Gasteiger partial charge in [-0.15, -0.1) is 0 Å². The van der Waals surface area contributed by atoms with Gasteiger partial charge < -0.3 is 14.9 Å². The van der Waals surface area contributed by atoms with Crippen LogP contribution in [0.2, 0.25) is 0 Å². The molecule has 0 aromatic heterocycles. The minimum atomic E-state index is -0.233. The van der Waals surface area contributed by atoms with E-state index in [9.17, 15) is 10.2 Å². The number of phenols is 2. The molecule has 316 valence electrons. The molecule has 7 aromatic rings. The van der Waals surface area contributed by atoms with E-state index in [1.807, 2.05) is 115 Å².